The summed E-state index contributed by atoms with van der Waals surface area (Å²) < 4.78 is 28.7. The number of carbonyl (C=O) groups excluding carboxylic acids is 1. The summed E-state index contributed by atoms with van der Waals surface area (Å²) >= 11 is 0. The van der Waals surface area contributed by atoms with Crippen molar-refractivity contribution in [2.24, 2.45) is 0 Å². The summed E-state index contributed by atoms with van der Waals surface area (Å²) in [4.78, 5) is 14.0. The number of hydrogen-bond acceptors (Lipinski definition) is 3. The third-order valence-corrected chi connectivity index (χ3v) is 7.20. The van der Waals surface area contributed by atoms with Gasteiger partial charge in [0.25, 0.3) is 5.91 Å². The Balaban J connectivity index is 1.58. The number of hydrogen-bond donors (Lipinski definition) is 1. The number of rotatable bonds is 6. The molecular weight excluding hydrogens is 481 g/mol. The highest BCUT2D eigenvalue weighted by atomic mass is 19.1. The SMILES string of the molecule is COc1ccc(-c2c3c4n(c(-c5ccc(F)cc5)cn4c2C(=O)Nc2cccc(OC)c2)CCCC3)cc1. The van der Waals surface area contributed by atoms with Crippen molar-refractivity contribution < 1.29 is 18.7 Å². The zero-order chi connectivity index (χ0) is 26.2. The van der Waals surface area contributed by atoms with E-state index in [1.807, 2.05) is 53.1 Å². The molecule has 5 aromatic rings. The number of aromatic nitrogens is 2. The molecule has 38 heavy (non-hydrogen) atoms. The molecule has 192 valence electrons. The molecule has 0 atom stereocenters. The number of anilines is 1. The van der Waals surface area contributed by atoms with Crippen molar-refractivity contribution >= 4 is 17.2 Å². The molecule has 6 nitrogen and oxygen atoms in total. The monoisotopic (exact) mass is 509 g/mol. The van der Waals surface area contributed by atoms with Gasteiger partial charge in [-0.3, -0.25) is 9.20 Å². The van der Waals surface area contributed by atoms with Crippen LogP contribution in [0.1, 0.15) is 28.9 Å². The maximum absolute atomic E-state index is 14.0. The topological polar surface area (TPSA) is 56.9 Å². The van der Waals surface area contributed by atoms with Crippen LogP contribution in [0.3, 0.4) is 0 Å². The van der Waals surface area contributed by atoms with E-state index in [9.17, 15) is 9.18 Å². The molecule has 0 bridgehead atoms. The van der Waals surface area contributed by atoms with Gasteiger partial charge in [0.05, 0.1) is 19.9 Å². The molecule has 0 radical (unpaired) electrons. The second kappa shape index (κ2) is 9.74. The number of aryl methyl sites for hydroxylation is 2. The van der Waals surface area contributed by atoms with Crippen LogP contribution in [0.2, 0.25) is 0 Å². The molecule has 3 heterocycles. The van der Waals surface area contributed by atoms with Crippen molar-refractivity contribution in [2.75, 3.05) is 19.5 Å². The fourth-order valence-electron chi connectivity index (χ4n) is 5.42. The van der Waals surface area contributed by atoms with Gasteiger partial charge in [0, 0.05) is 35.6 Å². The Morgan fingerprint density at radius 1 is 0.895 bits per heavy atom. The predicted octanol–water partition coefficient (Wildman–Crippen LogP) is 6.82. The lowest BCUT2D eigenvalue weighted by Gasteiger charge is -2.11. The third-order valence-electron chi connectivity index (χ3n) is 7.20. The largest absolute Gasteiger partial charge is 0.497 e. The summed E-state index contributed by atoms with van der Waals surface area (Å²) in [5, 5.41) is 3.08. The Morgan fingerprint density at radius 3 is 2.37 bits per heavy atom. The maximum atomic E-state index is 14.0. The second-order valence-electron chi connectivity index (χ2n) is 9.44. The van der Waals surface area contributed by atoms with Gasteiger partial charge in [-0.05, 0) is 78.9 Å². The van der Waals surface area contributed by atoms with Crippen LogP contribution in [0.5, 0.6) is 11.5 Å². The standard InChI is InChI=1S/C31H28FN3O3/c1-37-24-15-11-21(12-16-24)28-26-8-3-4-17-34-27(20-9-13-22(32)14-10-20)19-35(31(26)34)29(28)30(36)33-23-6-5-7-25(18-23)38-2/h5-7,9-16,18-19H,3-4,8,17H2,1-2H3,(H,33,36). The van der Waals surface area contributed by atoms with Crippen LogP contribution >= 0.6 is 0 Å². The third kappa shape index (κ3) is 4.10. The molecule has 0 fully saturated rings. The van der Waals surface area contributed by atoms with Gasteiger partial charge in [0.2, 0.25) is 0 Å². The highest BCUT2D eigenvalue weighted by Gasteiger charge is 2.29. The minimum Gasteiger partial charge on any atom is -0.497 e. The van der Waals surface area contributed by atoms with Crippen LogP contribution in [0.25, 0.3) is 28.0 Å². The Bertz CT molecular complexity index is 1630. The number of halogens is 1. The fourth-order valence-corrected chi connectivity index (χ4v) is 5.42. The Kier molecular flexibility index (Phi) is 6.12. The lowest BCUT2D eigenvalue weighted by molar-refractivity contribution is 0.102. The summed E-state index contributed by atoms with van der Waals surface area (Å²) in [6.07, 6.45) is 4.87. The van der Waals surface area contributed by atoms with Gasteiger partial charge in [-0.15, -0.1) is 0 Å². The van der Waals surface area contributed by atoms with E-state index in [-0.39, 0.29) is 11.7 Å². The van der Waals surface area contributed by atoms with Gasteiger partial charge < -0.3 is 19.4 Å². The first-order valence-electron chi connectivity index (χ1n) is 12.7. The molecule has 0 aliphatic carbocycles. The van der Waals surface area contributed by atoms with Gasteiger partial charge in [-0.25, -0.2) is 4.39 Å². The number of ether oxygens (including phenoxy) is 2. The average molecular weight is 510 g/mol. The van der Waals surface area contributed by atoms with Crippen molar-refractivity contribution in [1.82, 2.24) is 8.97 Å². The second-order valence-corrected chi connectivity index (χ2v) is 9.44. The van der Waals surface area contributed by atoms with Gasteiger partial charge in [-0.2, -0.15) is 0 Å². The number of methoxy groups -OCH3 is 2. The molecule has 1 aliphatic heterocycles. The first-order valence-corrected chi connectivity index (χ1v) is 12.7. The van der Waals surface area contributed by atoms with E-state index in [4.69, 9.17) is 9.47 Å². The highest BCUT2D eigenvalue weighted by Crippen LogP contribution is 2.40. The molecule has 0 saturated heterocycles. The summed E-state index contributed by atoms with van der Waals surface area (Å²) in [5.41, 5.74) is 7.10. The van der Waals surface area contributed by atoms with Gasteiger partial charge in [0.15, 0.2) is 0 Å². The van der Waals surface area contributed by atoms with Crippen LogP contribution in [-0.4, -0.2) is 29.1 Å². The summed E-state index contributed by atoms with van der Waals surface area (Å²) in [5.74, 6) is 0.935. The van der Waals surface area contributed by atoms with E-state index in [1.54, 1.807) is 32.4 Å². The first-order chi connectivity index (χ1) is 18.6. The minimum atomic E-state index is -0.274. The van der Waals surface area contributed by atoms with Crippen molar-refractivity contribution in [1.29, 1.82) is 0 Å². The lowest BCUT2D eigenvalue weighted by atomic mass is 9.97. The smallest absolute Gasteiger partial charge is 0.273 e. The Morgan fingerprint density at radius 2 is 1.63 bits per heavy atom. The van der Waals surface area contributed by atoms with Crippen LogP contribution in [0, 0.1) is 5.82 Å². The van der Waals surface area contributed by atoms with E-state index >= 15 is 0 Å². The van der Waals surface area contributed by atoms with E-state index in [0.717, 1.165) is 65.2 Å². The van der Waals surface area contributed by atoms with Gasteiger partial charge in [0.1, 0.15) is 28.7 Å². The normalized spacial score (nSPS) is 12.8. The number of imidazole rings is 1. The molecule has 7 heteroatoms. The number of benzene rings is 3. The Labute approximate surface area is 220 Å². The molecule has 0 spiro atoms. The summed E-state index contributed by atoms with van der Waals surface area (Å²) in [7, 11) is 3.24. The number of nitrogens with zero attached hydrogens (tertiary/aromatic N) is 2. The fraction of sp³-hybridized carbons (Fsp3) is 0.194. The lowest BCUT2D eigenvalue weighted by Crippen LogP contribution is -2.15. The molecular formula is C31H28FN3O3. The zero-order valence-corrected chi connectivity index (χ0v) is 21.3. The molecule has 0 saturated carbocycles. The molecule has 1 amide bonds. The first kappa shape index (κ1) is 23.9. The Hall–Kier alpha value is -4.52. The van der Waals surface area contributed by atoms with E-state index < -0.39 is 0 Å². The zero-order valence-electron chi connectivity index (χ0n) is 21.3. The van der Waals surface area contributed by atoms with Gasteiger partial charge in [-0.1, -0.05) is 18.2 Å². The quantitative estimate of drug-likeness (QED) is 0.273. The van der Waals surface area contributed by atoms with Crippen LogP contribution in [-0.2, 0) is 13.0 Å². The summed E-state index contributed by atoms with van der Waals surface area (Å²) in [6.45, 7) is 0.819. The number of amides is 1. The van der Waals surface area contributed by atoms with Crippen molar-refractivity contribution in [3.63, 3.8) is 0 Å². The minimum absolute atomic E-state index is 0.214. The molecule has 2 aromatic heterocycles. The van der Waals surface area contributed by atoms with E-state index in [2.05, 4.69) is 9.88 Å². The molecule has 1 aliphatic rings. The maximum Gasteiger partial charge on any atom is 0.273 e. The highest BCUT2D eigenvalue weighted by molar-refractivity contribution is 6.10. The van der Waals surface area contributed by atoms with E-state index in [0.29, 0.717) is 17.1 Å². The van der Waals surface area contributed by atoms with Crippen molar-refractivity contribution in [2.45, 2.75) is 25.8 Å². The predicted molar refractivity (Wildman–Crippen MR) is 147 cm³/mol. The van der Waals surface area contributed by atoms with Crippen LogP contribution in [0.4, 0.5) is 10.1 Å². The van der Waals surface area contributed by atoms with E-state index in [1.165, 1.54) is 12.1 Å². The van der Waals surface area contributed by atoms with Crippen LogP contribution < -0.4 is 14.8 Å². The van der Waals surface area contributed by atoms with Crippen molar-refractivity contribution in [3.05, 3.63) is 96.1 Å². The number of nitrogens with one attached hydrogen (secondary N) is 1. The van der Waals surface area contributed by atoms with Crippen molar-refractivity contribution in [3.8, 4) is 33.9 Å². The molecule has 0 unspecified atom stereocenters. The number of carbonyl (C=O) groups is 1. The molecule has 3 aromatic carbocycles. The molecule has 1 N–H and O–H groups in total. The summed E-state index contributed by atoms with van der Waals surface area (Å²) in [6, 6.07) is 21.7. The van der Waals surface area contributed by atoms with Crippen LogP contribution in [0.15, 0.2) is 79.0 Å². The van der Waals surface area contributed by atoms with Gasteiger partial charge >= 0.3 is 0 Å². The average Bonchev–Trinajstić information content (AvgIpc) is 3.36. The molecule has 6 rings (SSSR count).